The first-order chi connectivity index (χ1) is 17.0. The maximum atomic E-state index is 11.5. The van der Waals surface area contributed by atoms with Crippen molar-refractivity contribution in [3.8, 4) is 5.75 Å². The second kappa shape index (κ2) is 10.3. The van der Waals surface area contributed by atoms with E-state index >= 15 is 0 Å². The molecule has 0 N–H and O–H groups in total. The number of benzene rings is 2. The molecular weight excluding hydrogens is 468 g/mol. The number of halogens is 1. The zero-order valence-corrected chi connectivity index (χ0v) is 20.4. The summed E-state index contributed by atoms with van der Waals surface area (Å²) in [4.78, 5) is 19.8. The van der Waals surface area contributed by atoms with Gasteiger partial charge in [0.15, 0.2) is 0 Å². The summed E-state index contributed by atoms with van der Waals surface area (Å²) < 4.78 is 20.6. The second-order valence-corrected chi connectivity index (χ2v) is 9.22. The van der Waals surface area contributed by atoms with E-state index < -0.39 is 5.79 Å². The van der Waals surface area contributed by atoms with Gasteiger partial charge in [-0.2, -0.15) is 0 Å². The van der Waals surface area contributed by atoms with Gasteiger partial charge in [-0.3, -0.25) is 4.79 Å². The molecule has 8 nitrogen and oxygen atoms in total. The van der Waals surface area contributed by atoms with Crippen molar-refractivity contribution in [2.45, 2.75) is 25.4 Å². The zero-order valence-electron chi connectivity index (χ0n) is 19.7. The summed E-state index contributed by atoms with van der Waals surface area (Å²) in [5.74, 6) is -0.112. The molecule has 9 heteroatoms. The van der Waals surface area contributed by atoms with Crippen molar-refractivity contribution in [1.82, 2.24) is 14.5 Å². The molecular formula is C26H29ClN4O4. The molecule has 184 valence electrons. The van der Waals surface area contributed by atoms with E-state index in [1.807, 2.05) is 52.1 Å². The lowest BCUT2D eigenvalue weighted by Gasteiger charge is -2.35. The Balaban J connectivity index is 1.20. The average Bonchev–Trinajstić information content (AvgIpc) is 3.54. The first kappa shape index (κ1) is 23.7. The number of carbonyl (C=O) groups excluding carboxylic acids is 1. The smallest absolute Gasteiger partial charge is 0.219 e. The molecule has 35 heavy (non-hydrogen) atoms. The maximum absolute atomic E-state index is 11.5. The third kappa shape index (κ3) is 5.29. The third-order valence-electron chi connectivity index (χ3n) is 6.46. The summed E-state index contributed by atoms with van der Waals surface area (Å²) in [6.07, 6.45) is 5.07. The molecule has 2 aliphatic rings. The van der Waals surface area contributed by atoms with Crippen LogP contribution in [0.3, 0.4) is 0 Å². The van der Waals surface area contributed by atoms with Crippen LogP contribution in [0.25, 0.3) is 0 Å². The Morgan fingerprint density at radius 2 is 1.91 bits per heavy atom. The summed E-state index contributed by atoms with van der Waals surface area (Å²) in [6.45, 7) is 5.95. The van der Waals surface area contributed by atoms with Gasteiger partial charge in [-0.1, -0.05) is 29.8 Å². The van der Waals surface area contributed by atoms with Crippen molar-refractivity contribution in [3.05, 3.63) is 77.8 Å². The Morgan fingerprint density at radius 3 is 2.60 bits per heavy atom. The first-order valence-corrected chi connectivity index (χ1v) is 12.2. The molecule has 0 saturated carbocycles. The van der Waals surface area contributed by atoms with Crippen LogP contribution in [0.15, 0.2) is 67.3 Å². The number of amides is 1. The lowest BCUT2D eigenvalue weighted by molar-refractivity contribution is -0.189. The van der Waals surface area contributed by atoms with Crippen LogP contribution < -0.4 is 9.64 Å². The van der Waals surface area contributed by atoms with Crippen LogP contribution in [-0.2, 0) is 26.6 Å². The standard InChI is InChI=1S/C26H29ClN4O4/c1-20(32)30-12-14-31(15-13-30)21-6-8-22(9-7-21)33-16-23-17-34-26(35-23,18-29-11-10-28-19-29)24-4-2-3-5-25(24)27/h2-11,19,23H,12-18H2,1H3/t23-,26-/m1/s1. The molecule has 2 fully saturated rings. The molecule has 5 rings (SSSR count). The van der Waals surface area contributed by atoms with Crippen LogP contribution in [0.4, 0.5) is 5.69 Å². The van der Waals surface area contributed by atoms with Crippen LogP contribution in [0.1, 0.15) is 12.5 Å². The van der Waals surface area contributed by atoms with Gasteiger partial charge < -0.3 is 28.6 Å². The second-order valence-electron chi connectivity index (χ2n) is 8.82. The van der Waals surface area contributed by atoms with Gasteiger partial charge in [-0.25, -0.2) is 4.98 Å². The van der Waals surface area contributed by atoms with Crippen LogP contribution in [0.5, 0.6) is 5.75 Å². The average molecular weight is 497 g/mol. The molecule has 0 bridgehead atoms. The van der Waals surface area contributed by atoms with E-state index in [0.717, 1.165) is 43.2 Å². The molecule has 1 aromatic heterocycles. The van der Waals surface area contributed by atoms with E-state index in [9.17, 15) is 4.79 Å². The number of hydrogen-bond acceptors (Lipinski definition) is 6. The van der Waals surface area contributed by atoms with Gasteiger partial charge in [0.1, 0.15) is 18.5 Å². The molecule has 0 unspecified atom stereocenters. The van der Waals surface area contributed by atoms with Gasteiger partial charge in [0.2, 0.25) is 11.7 Å². The normalized spacial score (nSPS) is 22.4. The number of hydrogen-bond donors (Lipinski definition) is 0. The fourth-order valence-corrected chi connectivity index (χ4v) is 4.85. The van der Waals surface area contributed by atoms with Gasteiger partial charge in [0.25, 0.3) is 0 Å². The van der Waals surface area contributed by atoms with Gasteiger partial charge >= 0.3 is 0 Å². The van der Waals surface area contributed by atoms with Gasteiger partial charge in [-0.15, -0.1) is 0 Å². The van der Waals surface area contributed by atoms with E-state index in [0.29, 0.717) is 24.8 Å². The summed E-state index contributed by atoms with van der Waals surface area (Å²) in [5.41, 5.74) is 1.91. The molecule has 3 aromatic rings. The highest BCUT2D eigenvalue weighted by molar-refractivity contribution is 6.31. The molecule has 2 aromatic carbocycles. The first-order valence-electron chi connectivity index (χ1n) is 11.8. The predicted molar refractivity (Wildman–Crippen MR) is 133 cm³/mol. The minimum atomic E-state index is -1.01. The topological polar surface area (TPSA) is 69.1 Å². The number of imidazole rings is 1. The number of anilines is 1. The van der Waals surface area contributed by atoms with Gasteiger partial charge in [0.05, 0.1) is 19.5 Å². The summed E-state index contributed by atoms with van der Waals surface area (Å²) in [7, 11) is 0. The molecule has 1 amide bonds. The molecule has 0 spiro atoms. The summed E-state index contributed by atoms with van der Waals surface area (Å²) in [6, 6.07) is 15.6. The molecule has 0 radical (unpaired) electrons. The number of piperazine rings is 1. The molecule has 2 atom stereocenters. The number of ether oxygens (including phenoxy) is 3. The van der Waals surface area contributed by atoms with Crippen molar-refractivity contribution in [1.29, 1.82) is 0 Å². The highest BCUT2D eigenvalue weighted by atomic mass is 35.5. The number of rotatable bonds is 7. The largest absolute Gasteiger partial charge is 0.491 e. The Kier molecular flexibility index (Phi) is 6.95. The summed E-state index contributed by atoms with van der Waals surface area (Å²) in [5, 5.41) is 0.592. The Labute approximate surface area is 210 Å². The Morgan fingerprint density at radius 1 is 1.14 bits per heavy atom. The van der Waals surface area contributed by atoms with E-state index in [1.165, 1.54) is 0 Å². The van der Waals surface area contributed by atoms with Crippen molar-refractivity contribution in [3.63, 3.8) is 0 Å². The Bertz CT molecular complexity index is 1130. The predicted octanol–water partition coefficient (Wildman–Crippen LogP) is 3.55. The van der Waals surface area contributed by atoms with E-state index in [1.54, 1.807) is 19.4 Å². The van der Waals surface area contributed by atoms with Gasteiger partial charge in [0, 0.05) is 61.8 Å². The Hall–Kier alpha value is -3.07. The number of carbonyl (C=O) groups is 1. The lowest BCUT2D eigenvalue weighted by atomic mass is 10.1. The van der Waals surface area contributed by atoms with Crippen LogP contribution >= 0.6 is 11.6 Å². The minimum absolute atomic E-state index is 0.134. The molecule has 0 aliphatic carbocycles. The van der Waals surface area contributed by atoms with Gasteiger partial charge in [-0.05, 0) is 30.3 Å². The SMILES string of the molecule is CC(=O)N1CCN(c2ccc(OC[C@@H]3CO[C@@](Cn4ccnc4)(c4ccccc4Cl)O3)cc2)CC1. The van der Waals surface area contributed by atoms with E-state index in [2.05, 4.69) is 22.0 Å². The minimum Gasteiger partial charge on any atom is -0.491 e. The molecule has 3 heterocycles. The fraction of sp³-hybridized carbons (Fsp3) is 0.385. The van der Waals surface area contributed by atoms with Crippen molar-refractivity contribution < 1.29 is 19.0 Å². The van der Waals surface area contributed by atoms with E-state index in [-0.39, 0.29) is 12.0 Å². The molecule has 2 aliphatic heterocycles. The number of aromatic nitrogens is 2. The van der Waals surface area contributed by atoms with Crippen LogP contribution in [0.2, 0.25) is 5.02 Å². The highest BCUT2D eigenvalue weighted by Gasteiger charge is 2.45. The quantitative estimate of drug-likeness (QED) is 0.498. The third-order valence-corrected chi connectivity index (χ3v) is 6.79. The lowest BCUT2D eigenvalue weighted by Crippen LogP contribution is -2.48. The molecule has 2 saturated heterocycles. The zero-order chi connectivity index (χ0) is 24.3. The summed E-state index contributed by atoms with van der Waals surface area (Å²) >= 11 is 6.52. The van der Waals surface area contributed by atoms with Crippen LogP contribution in [0, 0.1) is 0 Å². The van der Waals surface area contributed by atoms with E-state index in [4.69, 9.17) is 25.8 Å². The fourth-order valence-electron chi connectivity index (χ4n) is 4.57. The van der Waals surface area contributed by atoms with Crippen molar-refractivity contribution in [2.75, 3.05) is 44.3 Å². The monoisotopic (exact) mass is 496 g/mol. The highest BCUT2D eigenvalue weighted by Crippen LogP contribution is 2.39. The van der Waals surface area contributed by atoms with Crippen molar-refractivity contribution >= 4 is 23.2 Å². The van der Waals surface area contributed by atoms with Crippen LogP contribution in [-0.4, -0.2) is 65.9 Å². The van der Waals surface area contributed by atoms with Crippen molar-refractivity contribution in [2.24, 2.45) is 0 Å². The maximum Gasteiger partial charge on any atom is 0.219 e. The number of nitrogens with zero attached hydrogens (tertiary/aromatic N) is 4.